The minimum atomic E-state index is -3.32. The molecular formula is C17H24N2O5S. The predicted molar refractivity (Wildman–Crippen MR) is 96.0 cm³/mol. The fraction of sp³-hybridized carbons (Fsp3) is 0.529. The van der Waals surface area contributed by atoms with Crippen molar-refractivity contribution in [3.8, 4) is 0 Å². The van der Waals surface area contributed by atoms with Crippen LogP contribution < -0.4 is 9.62 Å². The van der Waals surface area contributed by atoms with Crippen molar-refractivity contribution in [2.75, 3.05) is 29.0 Å². The summed E-state index contributed by atoms with van der Waals surface area (Å²) in [5, 5.41) is 2.67. The van der Waals surface area contributed by atoms with Crippen LogP contribution in [-0.2, 0) is 30.8 Å². The minimum absolute atomic E-state index is 0.358. The van der Waals surface area contributed by atoms with Gasteiger partial charge in [0.2, 0.25) is 10.0 Å². The normalized spacial score (nSPS) is 14.6. The highest BCUT2D eigenvalue weighted by Gasteiger charge is 2.25. The molecule has 1 amide bonds. The molecule has 0 saturated heterocycles. The number of amides is 1. The quantitative estimate of drug-likeness (QED) is 0.820. The molecule has 138 valence electrons. The summed E-state index contributed by atoms with van der Waals surface area (Å²) in [5.74, 6) is -0.884. The lowest BCUT2D eigenvalue weighted by Crippen LogP contribution is -2.34. The van der Waals surface area contributed by atoms with E-state index < -0.39 is 27.3 Å². The van der Waals surface area contributed by atoms with E-state index in [9.17, 15) is 18.0 Å². The number of sulfonamides is 1. The van der Waals surface area contributed by atoms with Gasteiger partial charge in [-0.2, -0.15) is 0 Å². The number of hydrogen-bond donors (Lipinski definition) is 1. The largest absolute Gasteiger partial charge is 0.455 e. The lowest BCUT2D eigenvalue weighted by Gasteiger charge is -2.29. The molecule has 0 atom stereocenters. The first-order valence-electron chi connectivity index (χ1n) is 8.06. The van der Waals surface area contributed by atoms with Gasteiger partial charge in [0.1, 0.15) is 0 Å². The Morgan fingerprint density at radius 1 is 1.28 bits per heavy atom. The van der Waals surface area contributed by atoms with Crippen molar-refractivity contribution in [3.05, 3.63) is 23.8 Å². The van der Waals surface area contributed by atoms with Crippen LogP contribution in [0, 0.1) is 5.41 Å². The summed E-state index contributed by atoms with van der Waals surface area (Å²) >= 11 is 0. The Morgan fingerprint density at radius 3 is 2.56 bits per heavy atom. The average molecular weight is 368 g/mol. The van der Waals surface area contributed by atoms with Crippen LogP contribution in [0.2, 0.25) is 0 Å². The maximum Gasteiger partial charge on any atom is 0.311 e. The van der Waals surface area contributed by atoms with E-state index in [1.807, 2.05) is 0 Å². The van der Waals surface area contributed by atoms with E-state index in [4.69, 9.17) is 4.74 Å². The summed E-state index contributed by atoms with van der Waals surface area (Å²) in [4.78, 5) is 23.6. The number of nitrogens with one attached hydrogen (secondary N) is 1. The molecule has 7 nitrogen and oxygen atoms in total. The zero-order valence-electron chi connectivity index (χ0n) is 15.0. The molecule has 1 aliphatic heterocycles. The van der Waals surface area contributed by atoms with Crippen LogP contribution in [0.4, 0.5) is 11.4 Å². The highest BCUT2D eigenvalue weighted by Crippen LogP contribution is 2.31. The third-order valence-electron chi connectivity index (χ3n) is 3.79. The average Bonchev–Trinajstić information content (AvgIpc) is 2.49. The molecule has 0 aromatic heterocycles. The van der Waals surface area contributed by atoms with Gasteiger partial charge < -0.3 is 10.1 Å². The monoisotopic (exact) mass is 368 g/mol. The molecule has 0 bridgehead atoms. The number of hydrogen-bond acceptors (Lipinski definition) is 5. The molecule has 0 saturated carbocycles. The van der Waals surface area contributed by atoms with Gasteiger partial charge >= 0.3 is 5.97 Å². The number of carbonyl (C=O) groups is 2. The van der Waals surface area contributed by atoms with E-state index in [1.165, 1.54) is 10.6 Å². The number of esters is 1. The van der Waals surface area contributed by atoms with Crippen LogP contribution >= 0.6 is 0 Å². The lowest BCUT2D eigenvalue weighted by atomic mass is 9.97. The summed E-state index contributed by atoms with van der Waals surface area (Å²) in [5.41, 5.74) is 1.39. The second-order valence-electron chi connectivity index (χ2n) is 7.16. The van der Waals surface area contributed by atoms with Crippen LogP contribution in [-0.4, -0.2) is 39.7 Å². The fourth-order valence-corrected chi connectivity index (χ4v) is 3.53. The van der Waals surface area contributed by atoms with E-state index in [2.05, 4.69) is 5.32 Å². The van der Waals surface area contributed by atoms with Crippen molar-refractivity contribution in [2.24, 2.45) is 5.41 Å². The maximum absolute atomic E-state index is 11.9. The van der Waals surface area contributed by atoms with Gasteiger partial charge in [-0.1, -0.05) is 0 Å². The molecule has 0 aliphatic carbocycles. The van der Waals surface area contributed by atoms with Crippen molar-refractivity contribution in [3.63, 3.8) is 0 Å². The number of fused-ring (bicyclic) bond motifs is 1. The molecule has 0 radical (unpaired) electrons. The van der Waals surface area contributed by atoms with Gasteiger partial charge in [0.05, 0.1) is 17.4 Å². The number of nitrogens with zero attached hydrogens (tertiary/aromatic N) is 1. The molecule has 8 heteroatoms. The predicted octanol–water partition coefficient (Wildman–Crippen LogP) is 1.93. The number of carbonyl (C=O) groups excluding carboxylic acids is 2. The van der Waals surface area contributed by atoms with Gasteiger partial charge in [0.25, 0.3) is 5.91 Å². The van der Waals surface area contributed by atoms with Crippen molar-refractivity contribution >= 4 is 33.3 Å². The Labute approximate surface area is 148 Å². The summed E-state index contributed by atoms with van der Waals surface area (Å²) in [7, 11) is -3.32. The molecule has 1 aromatic rings. The fourth-order valence-electron chi connectivity index (χ4n) is 2.53. The first-order chi connectivity index (χ1) is 11.5. The van der Waals surface area contributed by atoms with E-state index in [0.29, 0.717) is 17.9 Å². The summed E-state index contributed by atoms with van der Waals surface area (Å²) < 4.78 is 30.1. The van der Waals surface area contributed by atoms with Gasteiger partial charge in [-0.15, -0.1) is 0 Å². The molecule has 0 spiro atoms. The Hall–Kier alpha value is -2.09. The van der Waals surface area contributed by atoms with E-state index in [1.54, 1.807) is 39.0 Å². The second-order valence-corrected chi connectivity index (χ2v) is 9.06. The summed E-state index contributed by atoms with van der Waals surface area (Å²) in [6, 6.07) is 5.09. The topological polar surface area (TPSA) is 92.8 Å². The minimum Gasteiger partial charge on any atom is -0.455 e. The van der Waals surface area contributed by atoms with E-state index >= 15 is 0 Å². The number of aryl methyl sites for hydroxylation is 1. The van der Waals surface area contributed by atoms with Crippen LogP contribution in [0.3, 0.4) is 0 Å². The maximum atomic E-state index is 11.9. The van der Waals surface area contributed by atoms with Crippen molar-refractivity contribution in [2.45, 2.75) is 33.6 Å². The van der Waals surface area contributed by atoms with E-state index in [0.717, 1.165) is 18.4 Å². The lowest BCUT2D eigenvalue weighted by molar-refractivity contribution is -0.155. The van der Waals surface area contributed by atoms with Crippen LogP contribution in [0.1, 0.15) is 32.8 Å². The van der Waals surface area contributed by atoms with Gasteiger partial charge in [0.15, 0.2) is 6.61 Å². The first-order valence-corrected chi connectivity index (χ1v) is 9.91. The van der Waals surface area contributed by atoms with Crippen LogP contribution in [0.5, 0.6) is 0 Å². The Kier molecular flexibility index (Phi) is 5.41. The van der Waals surface area contributed by atoms with Gasteiger partial charge in [-0.05, 0) is 57.4 Å². The third kappa shape index (κ3) is 4.94. The SMILES string of the molecule is CC(C)(C)C(=O)OCC(=O)Nc1ccc2c(c1)CCCN2S(C)(=O)=O. The Morgan fingerprint density at radius 2 is 1.96 bits per heavy atom. The zero-order chi connectivity index (χ0) is 18.8. The first kappa shape index (κ1) is 19.2. The number of anilines is 2. The van der Waals surface area contributed by atoms with E-state index in [-0.39, 0.29) is 6.61 Å². The molecule has 1 heterocycles. The Bertz CT molecular complexity index is 781. The molecule has 1 aromatic carbocycles. The molecule has 1 aliphatic rings. The molecule has 1 N–H and O–H groups in total. The van der Waals surface area contributed by atoms with Crippen molar-refractivity contribution in [1.29, 1.82) is 0 Å². The van der Waals surface area contributed by atoms with Crippen molar-refractivity contribution in [1.82, 2.24) is 0 Å². The van der Waals surface area contributed by atoms with Gasteiger partial charge in [0, 0.05) is 12.2 Å². The zero-order valence-corrected chi connectivity index (χ0v) is 15.8. The number of ether oxygens (including phenoxy) is 1. The van der Waals surface area contributed by atoms with Gasteiger partial charge in [-0.25, -0.2) is 8.42 Å². The third-order valence-corrected chi connectivity index (χ3v) is 4.97. The standard InChI is InChI=1S/C17H24N2O5S/c1-17(2,3)16(21)24-11-15(20)18-13-7-8-14-12(10-13)6-5-9-19(14)25(4,22)23/h7-8,10H,5-6,9,11H2,1-4H3,(H,18,20). The van der Waals surface area contributed by atoms with Crippen LogP contribution in [0.15, 0.2) is 18.2 Å². The van der Waals surface area contributed by atoms with Crippen molar-refractivity contribution < 1.29 is 22.7 Å². The molecule has 0 unspecified atom stereocenters. The molecular weight excluding hydrogens is 344 g/mol. The molecule has 2 rings (SSSR count). The second kappa shape index (κ2) is 7.03. The van der Waals surface area contributed by atoms with Gasteiger partial charge in [-0.3, -0.25) is 13.9 Å². The summed E-state index contributed by atoms with van der Waals surface area (Å²) in [6.07, 6.45) is 2.64. The highest BCUT2D eigenvalue weighted by molar-refractivity contribution is 7.92. The number of benzene rings is 1. The summed E-state index contributed by atoms with van der Waals surface area (Å²) in [6.45, 7) is 5.24. The number of rotatable bonds is 4. The Balaban J connectivity index is 2.05. The smallest absolute Gasteiger partial charge is 0.311 e. The van der Waals surface area contributed by atoms with Crippen LogP contribution in [0.25, 0.3) is 0 Å². The molecule has 25 heavy (non-hydrogen) atoms. The highest BCUT2D eigenvalue weighted by atomic mass is 32.2. The molecule has 0 fully saturated rings.